The summed E-state index contributed by atoms with van der Waals surface area (Å²) in [5.74, 6) is 0.825. The Balaban J connectivity index is 1.95. The lowest BCUT2D eigenvalue weighted by atomic mass is 10.1. The third-order valence-corrected chi connectivity index (χ3v) is 3.19. The van der Waals surface area contributed by atoms with Gasteiger partial charge in [0.25, 0.3) is 0 Å². The normalized spacial score (nSPS) is 21.0. The third-order valence-electron chi connectivity index (χ3n) is 3.19. The second-order valence-electron chi connectivity index (χ2n) is 4.67. The number of tetrazole rings is 1. The maximum Gasteiger partial charge on any atom is 0.188 e. The summed E-state index contributed by atoms with van der Waals surface area (Å²) >= 11 is 0. The van der Waals surface area contributed by atoms with Gasteiger partial charge in [-0.2, -0.15) is 4.80 Å². The molecule has 0 spiro atoms. The van der Waals surface area contributed by atoms with Crippen molar-refractivity contribution in [1.82, 2.24) is 30.4 Å². The number of nitrogens with zero attached hydrogens (tertiary/aromatic N) is 5. The molecule has 1 aromatic rings. The van der Waals surface area contributed by atoms with Gasteiger partial charge in [-0.05, 0) is 37.6 Å². The molecule has 2 heterocycles. The van der Waals surface area contributed by atoms with Gasteiger partial charge >= 0.3 is 0 Å². The second kappa shape index (κ2) is 6.07. The van der Waals surface area contributed by atoms with E-state index in [2.05, 4.69) is 32.6 Å². The molecule has 1 saturated heterocycles. The zero-order valence-corrected chi connectivity index (χ0v) is 10.8. The van der Waals surface area contributed by atoms with Crippen LogP contribution in [0.3, 0.4) is 0 Å². The van der Waals surface area contributed by atoms with Crippen molar-refractivity contribution in [2.24, 2.45) is 7.05 Å². The van der Waals surface area contributed by atoms with Crippen molar-refractivity contribution >= 4 is 0 Å². The van der Waals surface area contributed by atoms with Crippen molar-refractivity contribution in [3.05, 3.63) is 5.82 Å². The lowest BCUT2D eigenvalue weighted by Gasteiger charge is -2.33. The summed E-state index contributed by atoms with van der Waals surface area (Å²) in [7, 11) is 1.81. The first-order chi connectivity index (χ1) is 8.29. The Kier molecular flexibility index (Phi) is 4.44. The Morgan fingerprint density at radius 3 is 3.00 bits per heavy atom. The lowest BCUT2D eigenvalue weighted by Crippen LogP contribution is -2.46. The summed E-state index contributed by atoms with van der Waals surface area (Å²) in [6.07, 6.45) is 3.70. The first-order valence-electron chi connectivity index (χ1n) is 6.47. The summed E-state index contributed by atoms with van der Waals surface area (Å²) in [6.45, 7) is 6.37. The minimum atomic E-state index is 0.618. The number of piperidine rings is 1. The largest absolute Gasteiger partial charge is 0.315 e. The van der Waals surface area contributed by atoms with Crippen molar-refractivity contribution in [2.45, 2.75) is 38.8 Å². The molecule has 2 rings (SSSR count). The Morgan fingerprint density at radius 2 is 2.41 bits per heavy atom. The van der Waals surface area contributed by atoms with E-state index >= 15 is 0 Å². The fraction of sp³-hybridized carbons (Fsp3) is 0.909. The lowest BCUT2D eigenvalue weighted by molar-refractivity contribution is 0.154. The average molecular weight is 238 g/mol. The van der Waals surface area contributed by atoms with E-state index in [9.17, 15) is 0 Å². The number of aryl methyl sites for hydroxylation is 1. The fourth-order valence-electron chi connectivity index (χ4n) is 2.39. The van der Waals surface area contributed by atoms with E-state index < -0.39 is 0 Å². The summed E-state index contributed by atoms with van der Waals surface area (Å²) in [4.78, 5) is 4.00. The third kappa shape index (κ3) is 3.47. The molecular formula is C11H22N6. The Hall–Kier alpha value is -1.01. The first-order valence-corrected chi connectivity index (χ1v) is 6.47. The Bertz CT molecular complexity index is 330. The van der Waals surface area contributed by atoms with E-state index in [1.807, 2.05) is 7.05 Å². The zero-order valence-electron chi connectivity index (χ0n) is 10.8. The average Bonchev–Trinajstić information content (AvgIpc) is 2.75. The minimum Gasteiger partial charge on any atom is -0.315 e. The highest BCUT2D eigenvalue weighted by molar-refractivity contribution is 4.84. The molecule has 1 aliphatic heterocycles. The number of rotatable bonds is 5. The van der Waals surface area contributed by atoms with Gasteiger partial charge in [-0.1, -0.05) is 6.92 Å². The van der Waals surface area contributed by atoms with E-state index in [-0.39, 0.29) is 0 Å². The van der Waals surface area contributed by atoms with Gasteiger partial charge in [0.2, 0.25) is 0 Å². The van der Waals surface area contributed by atoms with Crippen LogP contribution in [0.2, 0.25) is 0 Å². The van der Waals surface area contributed by atoms with Crippen molar-refractivity contribution in [3.63, 3.8) is 0 Å². The number of hydrogen-bond donors (Lipinski definition) is 1. The van der Waals surface area contributed by atoms with Gasteiger partial charge in [-0.3, -0.25) is 4.90 Å². The van der Waals surface area contributed by atoms with Crippen LogP contribution in [0.25, 0.3) is 0 Å². The maximum atomic E-state index is 4.26. The quantitative estimate of drug-likeness (QED) is 0.792. The van der Waals surface area contributed by atoms with Crippen LogP contribution < -0.4 is 5.32 Å². The molecule has 1 aromatic heterocycles. The van der Waals surface area contributed by atoms with Gasteiger partial charge in [-0.25, -0.2) is 0 Å². The number of nitrogens with one attached hydrogen (secondary N) is 1. The minimum absolute atomic E-state index is 0.618. The molecule has 1 aliphatic rings. The predicted molar refractivity (Wildman–Crippen MR) is 65.4 cm³/mol. The molecule has 0 bridgehead atoms. The van der Waals surface area contributed by atoms with E-state index in [4.69, 9.17) is 0 Å². The predicted octanol–water partition coefficient (Wildman–Crippen LogP) is 0.174. The standard InChI is InChI=1S/C11H22N6/c1-3-7-17(10-5-4-6-12-8-10)9-11-13-15-16(2)14-11/h10,12H,3-9H2,1-2H3. The van der Waals surface area contributed by atoms with Crippen LogP contribution in [-0.4, -0.2) is 50.8 Å². The Labute approximate surface area is 102 Å². The topological polar surface area (TPSA) is 58.9 Å². The van der Waals surface area contributed by atoms with Crippen LogP contribution in [0.5, 0.6) is 0 Å². The molecular weight excluding hydrogens is 216 g/mol. The zero-order chi connectivity index (χ0) is 12.1. The van der Waals surface area contributed by atoms with Crippen LogP contribution >= 0.6 is 0 Å². The van der Waals surface area contributed by atoms with Gasteiger partial charge in [-0.15, -0.1) is 10.2 Å². The van der Waals surface area contributed by atoms with Crippen LogP contribution in [-0.2, 0) is 13.6 Å². The molecule has 17 heavy (non-hydrogen) atoms. The van der Waals surface area contributed by atoms with Crippen molar-refractivity contribution < 1.29 is 0 Å². The van der Waals surface area contributed by atoms with Crippen molar-refractivity contribution in [1.29, 1.82) is 0 Å². The van der Waals surface area contributed by atoms with E-state index in [1.165, 1.54) is 17.6 Å². The molecule has 0 aromatic carbocycles. The molecule has 1 unspecified atom stereocenters. The number of hydrogen-bond acceptors (Lipinski definition) is 5. The molecule has 0 saturated carbocycles. The molecule has 6 nitrogen and oxygen atoms in total. The molecule has 1 N–H and O–H groups in total. The van der Waals surface area contributed by atoms with Crippen LogP contribution in [0.15, 0.2) is 0 Å². The van der Waals surface area contributed by atoms with Gasteiger partial charge in [0.15, 0.2) is 5.82 Å². The molecule has 1 atom stereocenters. The number of aromatic nitrogens is 4. The summed E-state index contributed by atoms with van der Waals surface area (Å²) < 4.78 is 0. The highest BCUT2D eigenvalue weighted by Crippen LogP contribution is 2.13. The monoisotopic (exact) mass is 238 g/mol. The van der Waals surface area contributed by atoms with Crippen molar-refractivity contribution in [3.8, 4) is 0 Å². The fourth-order valence-corrected chi connectivity index (χ4v) is 2.39. The van der Waals surface area contributed by atoms with E-state index in [0.29, 0.717) is 6.04 Å². The molecule has 6 heteroatoms. The van der Waals surface area contributed by atoms with E-state index in [1.54, 1.807) is 0 Å². The smallest absolute Gasteiger partial charge is 0.188 e. The highest BCUT2D eigenvalue weighted by atomic mass is 15.6. The Morgan fingerprint density at radius 1 is 1.53 bits per heavy atom. The molecule has 0 radical (unpaired) electrons. The molecule has 96 valence electrons. The van der Waals surface area contributed by atoms with Gasteiger partial charge in [0.05, 0.1) is 13.6 Å². The summed E-state index contributed by atoms with van der Waals surface area (Å²) in [5, 5.41) is 15.7. The van der Waals surface area contributed by atoms with Crippen molar-refractivity contribution in [2.75, 3.05) is 19.6 Å². The van der Waals surface area contributed by atoms with Crippen LogP contribution in [0.4, 0.5) is 0 Å². The highest BCUT2D eigenvalue weighted by Gasteiger charge is 2.21. The van der Waals surface area contributed by atoms with Crippen LogP contribution in [0.1, 0.15) is 32.0 Å². The maximum absolute atomic E-state index is 4.26. The van der Waals surface area contributed by atoms with E-state index in [0.717, 1.165) is 38.4 Å². The summed E-state index contributed by atoms with van der Waals surface area (Å²) in [5.41, 5.74) is 0. The van der Waals surface area contributed by atoms with Crippen LogP contribution in [0, 0.1) is 0 Å². The van der Waals surface area contributed by atoms with Gasteiger partial charge in [0, 0.05) is 12.6 Å². The first kappa shape index (κ1) is 12.4. The van der Waals surface area contributed by atoms with Gasteiger partial charge in [0.1, 0.15) is 0 Å². The second-order valence-corrected chi connectivity index (χ2v) is 4.67. The molecule has 0 amide bonds. The van der Waals surface area contributed by atoms with Gasteiger partial charge < -0.3 is 5.32 Å². The molecule has 1 fully saturated rings. The molecule has 0 aliphatic carbocycles. The summed E-state index contributed by atoms with van der Waals surface area (Å²) in [6, 6.07) is 0.618. The SMILES string of the molecule is CCCN(Cc1nnn(C)n1)C1CCCNC1.